The van der Waals surface area contributed by atoms with E-state index in [0.29, 0.717) is 23.0 Å². The summed E-state index contributed by atoms with van der Waals surface area (Å²) in [6, 6.07) is 0. The molecule has 0 aromatic rings. The smallest absolute Gasteiger partial charge is 0.133 e. The number of hydrogen-bond donors (Lipinski definition) is 1. The lowest BCUT2D eigenvalue weighted by Gasteiger charge is -2.57. The van der Waals surface area contributed by atoms with E-state index in [1.54, 1.807) is 5.57 Å². The second kappa shape index (κ2) is 5.43. The van der Waals surface area contributed by atoms with Crippen molar-refractivity contribution in [3.8, 4) is 0 Å². The van der Waals surface area contributed by atoms with Crippen molar-refractivity contribution in [1.82, 2.24) is 0 Å². The van der Waals surface area contributed by atoms with Gasteiger partial charge in [0.15, 0.2) is 0 Å². The zero-order chi connectivity index (χ0) is 17.3. The van der Waals surface area contributed by atoms with Crippen LogP contribution in [0.2, 0.25) is 0 Å². The minimum absolute atomic E-state index is 0.122. The summed E-state index contributed by atoms with van der Waals surface area (Å²) in [6.45, 7) is 9.04. The van der Waals surface area contributed by atoms with Crippen LogP contribution in [0.25, 0.3) is 0 Å². The molecule has 4 aliphatic carbocycles. The molecule has 134 valence electrons. The summed E-state index contributed by atoms with van der Waals surface area (Å²) < 4.78 is 0. The quantitative estimate of drug-likeness (QED) is 0.704. The standard InChI is InChI=1S/C22H34O2/c1-13-11-19-17-6-5-15-12-16(24)7-9-21(15,3)18(17)8-10-22(19,4)20(13)14(2)23/h5,13,16-20,24H,6-12H2,1-4H3/t13-,16+,17-,18+,19-,20-,21+,22+/m0/s1. The highest BCUT2D eigenvalue weighted by molar-refractivity contribution is 5.80. The van der Waals surface area contributed by atoms with E-state index in [1.807, 2.05) is 6.92 Å². The number of fused-ring (bicyclic) bond motifs is 5. The molecule has 0 aliphatic heterocycles. The van der Waals surface area contributed by atoms with E-state index < -0.39 is 0 Å². The molecule has 4 aliphatic rings. The molecular weight excluding hydrogens is 296 g/mol. The highest BCUT2D eigenvalue weighted by atomic mass is 16.3. The van der Waals surface area contributed by atoms with Crippen LogP contribution in [0.15, 0.2) is 11.6 Å². The van der Waals surface area contributed by atoms with E-state index >= 15 is 0 Å². The SMILES string of the molecule is CC(=O)[C@@H]1[C@@H](C)C[C@H]2[C@H]3CC=C4C[C@H](O)CC[C@@]4(C)[C@@H]3CC[C@@]12C. The van der Waals surface area contributed by atoms with Gasteiger partial charge in [-0.05, 0) is 86.4 Å². The van der Waals surface area contributed by atoms with Crippen LogP contribution in [0.1, 0.15) is 72.6 Å². The molecule has 0 unspecified atom stereocenters. The van der Waals surface area contributed by atoms with Gasteiger partial charge in [0.1, 0.15) is 5.78 Å². The fourth-order valence-corrected chi connectivity index (χ4v) is 7.87. The third-order valence-corrected chi connectivity index (χ3v) is 8.86. The van der Waals surface area contributed by atoms with Crippen molar-refractivity contribution in [3.05, 3.63) is 11.6 Å². The van der Waals surface area contributed by atoms with Gasteiger partial charge in [-0.1, -0.05) is 32.4 Å². The van der Waals surface area contributed by atoms with Crippen LogP contribution in [-0.4, -0.2) is 17.0 Å². The fourth-order valence-electron chi connectivity index (χ4n) is 7.87. The number of rotatable bonds is 1. The van der Waals surface area contributed by atoms with Crippen molar-refractivity contribution in [2.24, 2.45) is 40.4 Å². The Balaban J connectivity index is 1.68. The molecule has 0 bridgehead atoms. The number of carbonyl (C=O) groups excluding carboxylic acids is 1. The van der Waals surface area contributed by atoms with E-state index in [-0.39, 0.29) is 17.4 Å². The molecule has 4 rings (SSSR count). The lowest BCUT2D eigenvalue weighted by Crippen LogP contribution is -2.51. The van der Waals surface area contributed by atoms with Gasteiger partial charge in [-0.15, -0.1) is 0 Å². The molecule has 0 aromatic heterocycles. The van der Waals surface area contributed by atoms with Crippen LogP contribution in [0.5, 0.6) is 0 Å². The number of aliphatic hydroxyl groups excluding tert-OH is 1. The number of aliphatic hydroxyl groups is 1. The first-order chi connectivity index (χ1) is 11.3. The van der Waals surface area contributed by atoms with E-state index in [2.05, 4.69) is 26.8 Å². The van der Waals surface area contributed by atoms with Crippen molar-refractivity contribution in [2.75, 3.05) is 0 Å². The lowest BCUT2D eigenvalue weighted by molar-refractivity contribution is -0.128. The van der Waals surface area contributed by atoms with Crippen LogP contribution in [0.4, 0.5) is 0 Å². The van der Waals surface area contributed by atoms with Gasteiger partial charge in [-0.25, -0.2) is 0 Å². The Kier molecular flexibility index (Phi) is 3.81. The van der Waals surface area contributed by atoms with Gasteiger partial charge < -0.3 is 5.11 Å². The van der Waals surface area contributed by atoms with Gasteiger partial charge in [0.25, 0.3) is 0 Å². The molecule has 1 N–H and O–H groups in total. The molecular formula is C22H34O2. The first-order valence-electron chi connectivity index (χ1n) is 10.2. The van der Waals surface area contributed by atoms with Crippen molar-refractivity contribution in [2.45, 2.75) is 78.7 Å². The minimum atomic E-state index is -0.122. The maximum absolute atomic E-state index is 12.4. The van der Waals surface area contributed by atoms with E-state index in [0.717, 1.165) is 31.1 Å². The number of hydrogen-bond acceptors (Lipinski definition) is 2. The van der Waals surface area contributed by atoms with Crippen LogP contribution in [0, 0.1) is 40.4 Å². The van der Waals surface area contributed by atoms with Gasteiger partial charge in [-0.2, -0.15) is 0 Å². The Morgan fingerprint density at radius 2 is 1.96 bits per heavy atom. The summed E-state index contributed by atoms with van der Waals surface area (Å²) in [5.74, 6) is 3.46. The Bertz CT molecular complexity index is 579. The lowest BCUT2D eigenvalue weighted by atomic mass is 9.47. The topological polar surface area (TPSA) is 37.3 Å². The minimum Gasteiger partial charge on any atom is -0.393 e. The van der Waals surface area contributed by atoms with Crippen LogP contribution < -0.4 is 0 Å². The summed E-state index contributed by atoms with van der Waals surface area (Å²) in [5, 5.41) is 10.1. The molecule has 3 saturated carbocycles. The molecule has 2 nitrogen and oxygen atoms in total. The monoisotopic (exact) mass is 330 g/mol. The summed E-state index contributed by atoms with van der Waals surface area (Å²) in [7, 11) is 0. The van der Waals surface area contributed by atoms with Crippen molar-refractivity contribution in [3.63, 3.8) is 0 Å². The van der Waals surface area contributed by atoms with Crippen molar-refractivity contribution < 1.29 is 9.90 Å². The van der Waals surface area contributed by atoms with Crippen LogP contribution in [-0.2, 0) is 4.79 Å². The summed E-state index contributed by atoms with van der Waals surface area (Å²) in [6.07, 6.45) is 10.3. The number of carbonyl (C=O) groups is 1. The third-order valence-electron chi connectivity index (χ3n) is 8.86. The average Bonchev–Trinajstić information content (AvgIpc) is 2.78. The molecule has 8 atom stereocenters. The second-order valence-corrected chi connectivity index (χ2v) is 10.0. The highest BCUT2D eigenvalue weighted by Crippen LogP contribution is 2.67. The molecule has 0 aromatic carbocycles. The zero-order valence-electron chi connectivity index (χ0n) is 15.8. The Morgan fingerprint density at radius 1 is 1.21 bits per heavy atom. The van der Waals surface area contributed by atoms with E-state index in [9.17, 15) is 9.90 Å². The number of Topliss-reactive ketones (excluding diaryl/α,β-unsaturated/α-hetero) is 1. The van der Waals surface area contributed by atoms with Gasteiger partial charge in [0, 0.05) is 5.92 Å². The predicted octanol–water partition coefficient (Wildman–Crippen LogP) is 4.76. The fraction of sp³-hybridized carbons (Fsp3) is 0.864. The summed E-state index contributed by atoms with van der Waals surface area (Å²) in [4.78, 5) is 12.4. The largest absolute Gasteiger partial charge is 0.393 e. The summed E-state index contributed by atoms with van der Waals surface area (Å²) >= 11 is 0. The van der Waals surface area contributed by atoms with Gasteiger partial charge in [0.05, 0.1) is 6.10 Å². The molecule has 3 fully saturated rings. The highest BCUT2D eigenvalue weighted by Gasteiger charge is 2.61. The van der Waals surface area contributed by atoms with Crippen LogP contribution in [0.3, 0.4) is 0 Å². The maximum atomic E-state index is 12.4. The van der Waals surface area contributed by atoms with Gasteiger partial charge in [-0.3, -0.25) is 4.79 Å². The van der Waals surface area contributed by atoms with E-state index in [1.165, 1.54) is 25.7 Å². The maximum Gasteiger partial charge on any atom is 0.133 e. The molecule has 0 spiro atoms. The molecule has 0 heterocycles. The van der Waals surface area contributed by atoms with Gasteiger partial charge >= 0.3 is 0 Å². The van der Waals surface area contributed by atoms with Crippen molar-refractivity contribution >= 4 is 5.78 Å². The molecule has 0 amide bonds. The first kappa shape index (κ1) is 16.8. The number of allylic oxidation sites excluding steroid dienone is 1. The molecule has 0 radical (unpaired) electrons. The molecule has 24 heavy (non-hydrogen) atoms. The van der Waals surface area contributed by atoms with Gasteiger partial charge in [0.2, 0.25) is 0 Å². The van der Waals surface area contributed by atoms with E-state index in [4.69, 9.17) is 0 Å². The summed E-state index contributed by atoms with van der Waals surface area (Å²) in [5.41, 5.74) is 2.07. The number of ketones is 1. The Hall–Kier alpha value is -0.630. The molecule has 2 heteroatoms. The average molecular weight is 331 g/mol. The third kappa shape index (κ3) is 2.14. The predicted molar refractivity (Wildman–Crippen MR) is 96.4 cm³/mol. The normalized spacial score (nSPS) is 53.6. The second-order valence-electron chi connectivity index (χ2n) is 10.0. The Morgan fingerprint density at radius 3 is 2.67 bits per heavy atom. The Labute approximate surface area is 147 Å². The first-order valence-corrected chi connectivity index (χ1v) is 10.2. The van der Waals surface area contributed by atoms with Crippen molar-refractivity contribution in [1.29, 1.82) is 0 Å². The molecule has 0 saturated heterocycles. The zero-order valence-corrected chi connectivity index (χ0v) is 15.8. The van der Waals surface area contributed by atoms with Crippen LogP contribution >= 0.6 is 0 Å².